The van der Waals surface area contributed by atoms with E-state index in [2.05, 4.69) is 6.92 Å². The van der Waals surface area contributed by atoms with Crippen molar-refractivity contribution in [2.75, 3.05) is 59.5 Å². The van der Waals surface area contributed by atoms with Gasteiger partial charge in [0.1, 0.15) is 6.61 Å². The SMILES string of the molecule is CCCCCCCCCCCCCCCCCC(=O)OCCOCCOCCOCCOCC. The minimum absolute atomic E-state index is 0.112. The van der Waals surface area contributed by atoms with Crippen molar-refractivity contribution in [1.82, 2.24) is 0 Å². The van der Waals surface area contributed by atoms with E-state index >= 15 is 0 Å². The third-order valence-corrected chi connectivity index (χ3v) is 5.80. The van der Waals surface area contributed by atoms with E-state index in [0.29, 0.717) is 65.9 Å². The Hall–Kier alpha value is -0.690. The molecule has 0 spiro atoms. The molecule has 0 radical (unpaired) electrons. The molecule has 0 atom stereocenters. The second-order valence-corrected chi connectivity index (χ2v) is 8.95. The first-order chi connectivity index (χ1) is 16.8. The number of hydrogen-bond donors (Lipinski definition) is 0. The molecule has 0 aromatic rings. The monoisotopic (exact) mass is 488 g/mol. The van der Waals surface area contributed by atoms with Crippen LogP contribution >= 0.6 is 0 Å². The maximum Gasteiger partial charge on any atom is 0.305 e. The van der Waals surface area contributed by atoms with Gasteiger partial charge in [-0.1, -0.05) is 96.8 Å². The van der Waals surface area contributed by atoms with Crippen LogP contribution in [-0.2, 0) is 28.5 Å². The van der Waals surface area contributed by atoms with Gasteiger partial charge in [0, 0.05) is 13.0 Å². The molecule has 0 aromatic heterocycles. The van der Waals surface area contributed by atoms with Crippen molar-refractivity contribution in [3.05, 3.63) is 0 Å². The molecular formula is C28H56O6. The molecular weight excluding hydrogens is 432 g/mol. The van der Waals surface area contributed by atoms with Crippen molar-refractivity contribution in [3.8, 4) is 0 Å². The van der Waals surface area contributed by atoms with Gasteiger partial charge in [-0.3, -0.25) is 4.79 Å². The summed E-state index contributed by atoms with van der Waals surface area (Å²) in [6, 6.07) is 0. The zero-order valence-electron chi connectivity index (χ0n) is 22.6. The maximum atomic E-state index is 11.8. The highest BCUT2D eigenvalue weighted by Gasteiger charge is 2.02. The lowest BCUT2D eigenvalue weighted by Gasteiger charge is -2.08. The van der Waals surface area contributed by atoms with Gasteiger partial charge in [0.05, 0.1) is 46.2 Å². The van der Waals surface area contributed by atoms with Crippen LogP contribution in [0.1, 0.15) is 117 Å². The molecule has 0 heterocycles. The Kier molecular flexibility index (Phi) is 29.7. The van der Waals surface area contributed by atoms with Crippen LogP contribution in [0.2, 0.25) is 0 Å². The van der Waals surface area contributed by atoms with Crippen LogP contribution in [0.5, 0.6) is 0 Å². The number of ether oxygens (including phenoxy) is 5. The summed E-state index contributed by atoms with van der Waals surface area (Å²) in [7, 11) is 0. The zero-order chi connectivity index (χ0) is 24.8. The van der Waals surface area contributed by atoms with Gasteiger partial charge in [-0.2, -0.15) is 0 Å². The number of unbranched alkanes of at least 4 members (excludes halogenated alkanes) is 14. The van der Waals surface area contributed by atoms with Crippen molar-refractivity contribution in [1.29, 1.82) is 0 Å². The van der Waals surface area contributed by atoms with Gasteiger partial charge < -0.3 is 23.7 Å². The predicted octanol–water partition coefficient (Wildman–Crippen LogP) is 6.88. The van der Waals surface area contributed by atoms with Crippen LogP contribution in [0.3, 0.4) is 0 Å². The quantitative estimate of drug-likeness (QED) is 0.0845. The number of rotatable bonds is 29. The van der Waals surface area contributed by atoms with E-state index in [1.807, 2.05) is 6.92 Å². The fourth-order valence-corrected chi connectivity index (χ4v) is 3.73. The molecule has 6 heteroatoms. The van der Waals surface area contributed by atoms with E-state index in [9.17, 15) is 4.79 Å². The smallest absolute Gasteiger partial charge is 0.305 e. The number of carbonyl (C=O) groups is 1. The molecule has 0 rings (SSSR count). The van der Waals surface area contributed by atoms with Gasteiger partial charge in [0.25, 0.3) is 0 Å². The topological polar surface area (TPSA) is 63.2 Å². The Balaban J connectivity index is 3.14. The van der Waals surface area contributed by atoms with Gasteiger partial charge in [0.15, 0.2) is 0 Å². The van der Waals surface area contributed by atoms with E-state index in [0.717, 1.165) is 12.8 Å². The summed E-state index contributed by atoms with van der Waals surface area (Å²) in [5.74, 6) is -0.112. The van der Waals surface area contributed by atoms with Crippen LogP contribution in [0.15, 0.2) is 0 Å². The molecule has 0 saturated carbocycles. The Bertz CT molecular complexity index is 391. The molecule has 0 aliphatic carbocycles. The van der Waals surface area contributed by atoms with Gasteiger partial charge in [-0.15, -0.1) is 0 Å². The third-order valence-electron chi connectivity index (χ3n) is 5.80. The van der Waals surface area contributed by atoms with Crippen LogP contribution in [0.25, 0.3) is 0 Å². The van der Waals surface area contributed by atoms with E-state index in [1.165, 1.54) is 83.5 Å². The summed E-state index contributed by atoms with van der Waals surface area (Å²) in [6.07, 6.45) is 20.4. The van der Waals surface area contributed by atoms with E-state index < -0.39 is 0 Å². The highest BCUT2D eigenvalue weighted by Crippen LogP contribution is 2.13. The van der Waals surface area contributed by atoms with Crippen molar-refractivity contribution >= 4 is 5.97 Å². The van der Waals surface area contributed by atoms with Crippen LogP contribution < -0.4 is 0 Å². The molecule has 0 unspecified atom stereocenters. The third kappa shape index (κ3) is 29.3. The van der Waals surface area contributed by atoms with Crippen molar-refractivity contribution in [3.63, 3.8) is 0 Å². The molecule has 0 aromatic carbocycles. The van der Waals surface area contributed by atoms with Crippen LogP contribution in [-0.4, -0.2) is 65.4 Å². The Labute approximate surface area is 210 Å². The highest BCUT2D eigenvalue weighted by molar-refractivity contribution is 5.69. The molecule has 34 heavy (non-hydrogen) atoms. The van der Waals surface area contributed by atoms with Gasteiger partial charge in [-0.05, 0) is 13.3 Å². The fraction of sp³-hybridized carbons (Fsp3) is 0.964. The second-order valence-electron chi connectivity index (χ2n) is 8.95. The largest absolute Gasteiger partial charge is 0.463 e. The molecule has 0 saturated heterocycles. The minimum Gasteiger partial charge on any atom is -0.463 e. The van der Waals surface area contributed by atoms with Gasteiger partial charge in [-0.25, -0.2) is 0 Å². The van der Waals surface area contributed by atoms with E-state index in [-0.39, 0.29) is 5.97 Å². The lowest BCUT2D eigenvalue weighted by Crippen LogP contribution is -2.14. The average molecular weight is 489 g/mol. The molecule has 0 aliphatic rings. The Morgan fingerprint density at radius 3 is 1.21 bits per heavy atom. The molecule has 0 fully saturated rings. The fourth-order valence-electron chi connectivity index (χ4n) is 3.73. The van der Waals surface area contributed by atoms with E-state index in [4.69, 9.17) is 23.7 Å². The van der Waals surface area contributed by atoms with Gasteiger partial charge in [0.2, 0.25) is 0 Å². The second kappa shape index (κ2) is 30.3. The first-order valence-corrected chi connectivity index (χ1v) is 14.3. The summed E-state index contributed by atoms with van der Waals surface area (Å²) in [5.41, 5.74) is 0. The average Bonchev–Trinajstić information content (AvgIpc) is 2.84. The summed E-state index contributed by atoms with van der Waals surface area (Å²) in [6.45, 7) is 9.02. The molecule has 0 bridgehead atoms. The zero-order valence-corrected chi connectivity index (χ0v) is 22.6. The van der Waals surface area contributed by atoms with Gasteiger partial charge >= 0.3 is 5.97 Å². The lowest BCUT2D eigenvalue weighted by molar-refractivity contribution is -0.145. The van der Waals surface area contributed by atoms with Crippen molar-refractivity contribution in [2.24, 2.45) is 0 Å². The van der Waals surface area contributed by atoms with Crippen LogP contribution in [0.4, 0.5) is 0 Å². The number of esters is 1. The normalized spacial score (nSPS) is 11.2. The summed E-state index contributed by atoms with van der Waals surface area (Å²) >= 11 is 0. The Morgan fingerprint density at radius 2 is 0.794 bits per heavy atom. The van der Waals surface area contributed by atoms with Crippen molar-refractivity contribution < 1.29 is 28.5 Å². The minimum atomic E-state index is -0.112. The summed E-state index contributed by atoms with van der Waals surface area (Å²) in [4.78, 5) is 11.8. The number of carbonyl (C=O) groups excluding carboxylic acids is 1. The van der Waals surface area contributed by atoms with Crippen LogP contribution in [0, 0.1) is 0 Å². The molecule has 0 N–H and O–H groups in total. The molecule has 0 amide bonds. The first kappa shape index (κ1) is 33.3. The molecule has 0 aliphatic heterocycles. The lowest BCUT2D eigenvalue weighted by atomic mass is 10.0. The maximum absolute atomic E-state index is 11.8. The predicted molar refractivity (Wildman–Crippen MR) is 139 cm³/mol. The van der Waals surface area contributed by atoms with E-state index in [1.54, 1.807) is 0 Å². The standard InChI is InChI=1S/C28H56O6/c1-3-5-6-7-8-9-10-11-12-13-14-15-16-17-18-19-28(29)34-27-26-33-25-24-32-23-22-31-21-20-30-4-2/h3-27H2,1-2H3. The Morgan fingerprint density at radius 1 is 0.441 bits per heavy atom. The molecule has 204 valence electrons. The number of hydrogen-bond acceptors (Lipinski definition) is 6. The van der Waals surface area contributed by atoms with Crippen molar-refractivity contribution in [2.45, 2.75) is 117 Å². The summed E-state index contributed by atoms with van der Waals surface area (Å²) in [5, 5.41) is 0. The molecule has 6 nitrogen and oxygen atoms in total. The first-order valence-electron chi connectivity index (χ1n) is 14.3. The highest BCUT2D eigenvalue weighted by atomic mass is 16.6. The summed E-state index contributed by atoms with van der Waals surface area (Å²) < 4.78 is 26.6.